The van der Waals surface area contributed by atoms with Gasteiger partial charge in [-0.15, -0.1) is 0 Å². The maximum atomic E-state index is 6.37. The number of rotatable bonds is 5. The lowest BCUT2D eigenvalue weighted by Gasteiger charge is -2.49. The zero-order valence-corrected chi connectivity index (χ0v) is 12.6. The van der Waals surface area contributed by atoms with Crippen LogP contribution in [0.3, 0.4) is 0 Å². The fourth-order valence-electron chi connectivity index (χ4n) is 3.38. The second-order valence-corrected chi connectivity index (χ2v) is 6.34. The monoisotopic (exact) mass is 285 g/mol. The number of halogens is 2. The van der Waals surface area contributed by atoms with E-state index in [1.165, 1.54) is 31.2 Å². The summed E-state index contributed by atoms with van der Waals surface area (Å²) in [5.74, 6) is 0.857. The summed E-state index contributed by atoms with van der Waals surface area (Å²) in [6, 6.07) is 5.92. The molecule has 1 saturated carbocycles. The predicted octanol–water partition coefficient (Wildman–Crippen LogP) is 4.66. The van der Waals surface area contributed by atoms with Crippen molar-refractivity contribution >= 4 is 23.2 Å². The van der Waals surface area contributed by atoms with Gasteiger partial charge >= 0.3 is 0 Å². The highest BCUT2D eigenvalue weighted by molar-refractivity contribution is 6.35. The van der Waals surface area contributed by atoms with Gasteiger partial charge in [0.2, 0.25) is 0 Å². The van der Waals surface area contributed by atoms with Crippen molar-refractivity contribution in [3.05, 3.63) is 33.8 Å². The van der Waals surface area contributed by atoms with E-state index in [9.17, 15) is 0 Å². The van der Waals surface area contributed by atoms with Gasteiger partial charge in [-0.25, -0.2) is 0 Å². The molecule has 18 heavy (non-hydrogen) atoms. The van der Waals surface area contributed by atoms with Crippen molar-refractivity contribution in [1.29, 1.82) is 0 Å². The molecule has 1 aromatic carbocycles. The normalized spacial score (nSPS) is 27.0. The number of hydrogen-bond donors (Lipinski definition) is 1. The molecule has 1 N–H and O–H groups in total. The highest BCUT2D eigenvalue weighted by atomic mass is 35.5. The largest absolute Gasteiger partial charge is 0.319 e. The third-order valence-electron chi connectivity index (χ3n) is 4.07. The van der Waals surface area contributed by atoms with Gasteiger partial charge in [-0.3, -0.25) is 0 Å². The Bertz CT molecular complexity index is 411. The number of benzene rings is 1. The Morgan fingerprint density at radius 3 is 2.61 bits per heavy atom. The van der Waals surface area contributed by atoms with E-state index in [-0.39, 0.29) is 5.41 Å². The van der Waals surface area contributed by atoms with E-state index >= 15 is 0 Å². The van der Waals surface area contributed by atoms with Crippen molar-refractivity contribution in [2.24, 2.45) is 5.92 Å². The summed E-state index contributed by atoms with van der Waals surface area (Å²) >= 11 is 12.4. The van der Waals surface area contributed by atoms with E-state index < -0.39 is 0 Å². The summed E-state index contributed by atoms with van der Waals surface area (Å²) < 4.78 is 0. The molecule has 0 spiro atoms. The maximum absolute atomic E-state index is 6.37. The third kappa shape index (κ3) is 2.68. The number of likely N-dealkylation sites (N-methyl/N-ethyl adjacent to an activating group) is 1. The van der Waals surface area contributed by atoms with Crippen LogP contribution in [0.5, 0.6) is 0 Å². The van der Waals surface area contributed by atoms with Gasteiger partial charge in [-0.2, -0.15) is 0 Å². The fraction of sp³-hybridized carbons (Fsp3) is 0.600. The first kappa shape index (κ1) is 14.2. The molecule has 1 aromatic rings. The number of nitrogens with one attached hydrogen (secondary N) is 1. The lowest BCUT2D eigenvalue weighted by atomic mass is 9.57. The lowest BCUT2D eigenvalue weighted by Crippen LogP contribution is -2.48. The van der Waals surface area contributed by atoms with Gasteiger partial charge in [-0.1, -0.05) is 49.0 Å². The van der Waals surface area contributed by atoms with Crippen LogP contribution in [0.15, 0.2) is 18.2 Å². The summed E-state index contributed by atoms with van der Waals surface area (Å²) in [6.45, 7) is 3.25. The van der Waals surface area contributed by atoms with Crippen molar-refractivity contribution in [2.75, 3.05) is 13.6 Å². The molecule has 0 saturated heterocycles. The summed E-state index contributed by atoms with van der Waals surface area (Å²) in [5.41, 5.74) is 1.48. The first-order valence-corrected chi connectivity index (χ1v) is 7.47. The molecule has 2 rings (SSSR count). The first-order chi connectivity index (χ1) is 8.61. The standard InChI is InChI=1S/C15H21Cl2N/c1-3-4-11-8-15(9-11,10-18-2)13-6-5-12(16)7-14(13)17/h5-7,11,18H,3-4,8-10H2,1-2H3. The maximum Gasteiger partial charge on any atom is 0.0458 e. The molecule has 1 aliphatic rings. The van der Waals surface area contributed by atoms with Crippen LogP contribution in [0.2, 0.25) is 10.0 Å². The Kier molecular flexibility index (Phi) is 4.58. The minimum absolute atomic E-state index is 0.219. The van der Waals surface area contributed by atoms with Crippen LogP contribution >= 0.6 is 23.2 Å². The highest BCUT2D eigenvalue weighted by Gasteiger charge is 2.45. The highest BCUT2D eigenvalue weighted by Crippen LogP contribution is 2.51. The fourth-order valence-corrected chi connectivity index (χ4v) is 3.98. The molecule has 0 radical (unpaired) electrons. The topological polar surface area (TPSA) is 12.0 Å². The Labute approximate surface area is 120 Å². The van der Waals surface area contributed by atoms with Crippen LogP contribution in [-0.2, 0) is 5.41 Å². The van der Waals surface area contributed by atoms with Gasteiger partial charge in [-0.05, 0) is 43.5 Å². The molecule has 0 heterocycles. The summed E-state index contributed by atoms with van der Waals surface area (Å²) in [6.07, 6.45) is 5.08. The zero-order valence-electron chi connectivity index (χ0n) is 11.1. The Morgan fingerprint density at radius 1 is 1.33 bits per heavy atom. The van der Waals surface area contributed by atoms with Gasteiger partial charge in [0.25, 0.3) is 0 Å². The van der Waals surface area contributed by atoms with E-state index in [1.807, 2.05) is 19.2 Å². The van der Waals surface area contributed by atoms with Crippen molar-refractivity contribution < 1.29 is 0 Å². The van der Waals surface area contributed by atoms with E-state index in [1.54, 1.807) is 0 Å². The van der Waals surface area contributed by atoms with Gasteiger partial charge < -0.3 is 5.32 Å². The van der Waals surface area contributed by atoms with E-state index in [4.69, 9.17) is 23.2 Å². The van der Waals surface area contributed by atoms with Crippen LogP contribution in [0.4, 0.5) is 0 Å². The zero-order chi connectivity index (χ0) is 13.2. The van der Waals surface area contributed by atoms with E-state index in [2.05, 4.69) is 18.3 Å². The van der Waals surface area contributed by atoms with Gasteiger partial charge in [0, 0.05) is 22.0 Å². The molecule has 0 aromatic heterocycles. The third-order valence-corrected chi connectivity index (χ3v) is 4.62. The van der Waals surface area contributed by atoms with Crippen molar-refractivity contribution in [2.45, 2.75) is 38.0 Å². The number of hydrogen-bond acceptors (Lipinski definition) is 1. The molecule has 0 bridgehead atoms. The second kappa shape index (κ2) is 5.81. The van der Waals surface area contributed by atoms with Crippen LogP contribution < -0.4 is 5.32 Å². The molecule has 0 aliphatic heterocycles. The smallest absolute Gasteiger partial charge is 0.0458 e. The van der Waals surface area contributed by atoms with Gasteiger partial charge in [0.1, 0.15) is 0 Å². The molecule has 1 aliphatic carbocycles. The molecule has 1 nitrogen and oxygen atoms in total. The molecule has 100 valence electrons. The van der Waals surface area contributed by atoms with Crippen LogP contribution in [0.25, 0.3) is 0 Å². The lowest BCUT2D eigenvalue weighted by molar-refractivity contribution is 0.131. The molecule has 0 unspecified atom stereocenters. The summed E-state index contributed by atoms with van der Waals surface area (Å²) in [5, 5.41) is 4.85. The molecule has 1 fully saturated rings. The molecule has 0 amide bonds. The first-order valence-electron chi connectivity index (χ1n) is 6.71. The summed E-state index contributed by atoms with van der Waals surface area (Å²) in [4.78, 5) is 0. The molecule has 0 atom stereocenters. The van der Waals surface area contributed by atoms with Gasteiger partial charge in [0.15, 0.2) is 0 Å². The van der Waals surface area contributed by atoms with E-state index in [0.29, 0.717) is 5.02 Å². The minimum atomic E-state index is 0.219. The Hall–Kier alpha value is -0.240. The Morgan fingerprint density at radius 2 is 2.06 bits per heavy atom. The summed E-state index contributed by atoms with van der Waals surface area (Å²) in [7, 11) is 2.01. The molecular formula is C15H21Cl2N. The quantitative estimate of drug-likeness (QED) is 0.830. The van der Waals surface area contributed by atoms with Crippen LogP contribution in [-0.4, -0.2) is 13.6 Å². The molecule has 3 heteroatoms. The predicted molar refractivity (Wildman–Crippen MR) is 79.7 cm³/mol. The Balaban J connectivity index is 2.21. The van der Waals surface area contributed by atoms with E-state index in [0.717, 1.165) is 17.5 Å². The average molecular weight is 286 g/mol. The SMILES string of the molecule is CCCC1CC(CNC)(c2ccc(Cl)cc2Cl)C1. The second-order valence-electron chi connectivity index (χ2n) is 5.50. The average Bonchev–Trinajstić information content (AvgIpc) is 2.26. The van der Waals surface area contributed by atoms with Crippen LogP contribution in [0.1, 0.15) is 38.2 Å². The molecular weight excluding hydrogens is 265 g/mol. The van der Waals surface area contributed by atoms with Crippen molar-refractivity contribution in [3.63, 3.8) is 0 Å². The van der Waals surface area contributed by atoms with Gasteiger partial charge in [0.05, 0.1) is 0 Å². The van der Waals surface area contributed by atoms with Crippen molar-refractivity contribution in [1.82, 2.24) is 5.32 Å². The van der Waals surface area contributed by atoms with Crippen LogP contribution in [0, 0.1) is 5.92 Å². The van der Waals surface area contributed by atoms with Crippen molar-refractivity contribution in [3.8, 4) is 0 Å². The minimum Gasteiger partial charge on any atom is -0.319 e.